The molecule has 1 aliphatic rings. The minimum atomic E-state index is -0.308. The summed E-state index contributed by atoms with van der Waals surface area (Å²) in [5.41, 5.74) is 2.79. The average Bonchev–Trinajstić information content (AvgIpc) is 3.11. The first-order chi connectivity index (χ1) is 13.2. The molecule has 0 bridgehead atoms. The van der Waals surface area contributed by atoms with Crippen molar-refractivity contribution in [3.05, 3.63) is 89.9 Å². The van der Waals surface area contributed by atoms with Crippen molar-refractivity contribution in [1.29, 1.82) is 0 Å². The second-order valence-electron chi connectivity index (χ2n) is 6.71. The van der Waals surface area contributed by atoms with Crippen LogP contribution in [0.15, 0.2) is 72.9 Å². The van der Waals surface area contributed by atoms with E-state index in [2.05, 4.69) is 34.7 Å². The van der Waals surface area contributed by atoms with E-state index in [9.17, 15) is 9.18 Å². The summed E-state index contributed by atoms with van der Waals surface area (Å²) in [7, 11) is 0. The van der Waals surface area contributed by atoms with E-state index >= 15 is 0 Å². The van der Waals surface area contributed by atoms with E-state index < -0.39 is 0 Å². The van der Waals surface area contributed by atoms with Crippen molar-refractivity contribution >= 4 is 22.5 Å². The minimum Gasteiger partial charge on any atom is -0.310 e. The van der Waals surface area contributed by atoms with Crippen LogP contribution in [-0.4, -0.2) is 15.7 Å². The fraction of sp³-hybridized carbons (Fsp3) is 0.0909. The van der Waals surface area contributed by atoms with Gasteiger partial charge in [-0.05, 0) is 40.6 Å². The molecule has 2 heterocycles. The molecule has 0 aliphatic carbocycles. The van der Waals surface area contributed by atoms with E-state index in [0.29, 0.717) is 17.9 Å². The van der Waals surface area contributed by atoms with Gasteiger partial charge in [-0.15, -0.1) is 0 Å². The van der Waals surface area contributed by atoms with Crippen LogP contribution in [0.25, 0.3) is 16.5 Å². The van der Waals surface area contributed by atoms with Gasteiger partial charge < -0.3 is 5.32 Å². The SMILES string of the molecule is O=C1C[C@H](c2cccc3ccccc23)c2cnn(-c3ccc(F)cc3)c2N1. The molecule has 0 saturated carbocycles. The van der Waals surface area contributed by atoms with Gasteiger partial charge in [0.05, 0.1) is 11.9 Å². The Morgan fingerprint density at radius 1 is 0.963 bits per heavy atom. The van der Waals surface area contributed by atoms with E-state index in [-0.39, 0.29) is 17.6 Å². The van der Waals surface area contributed by atoms with Gasteiger partial charge in [0.2, 0.25) is 5.91 Å². The predicted octanol–water partition coefficient (Wildman–Crippen LogP) is 4.64. The van der Waals surface area contributed by atoms with Crippen LogP contribution >= 0.6 is 0 Å². The van der Waals surface area contributed by atoms with Gasteiger partial charge in [0.25, 0.3) is 0 Å². The zero-order valence-corrected chi connectivity index (χ0v) is 14.4. The molecule has 0 radical (unpaired) electrons. The highest BCUT2D eigenvalue weighted by Crippen LogP contribution is 2.40. The normalized spacial score (nSPS) is 16.2. The third-order valence-corrected chi connectivity index (χ3v) is 5.09. The number of aromatic nitrogens is 2. The first-order valence-electron chi connectivity index (χ1n) is 8.82. The molecule has 0 fully saturated rings. The number of fused-ring (bicyclic) bond motifs is 2. The van der Waals surface area contributed by atoms with E-state index in [1.807, 2.05) is 18.2 Å². The quantitative estimate of drug-likeness (QED) is 0.568. The summed E-state index contributed by atoms with van der Waals surface area (Å²) in [4.78, 5) is 12.5. The molecule has 4 aromatic rings. The van der Waals surface area contributed by atoms with Gasteiger partial charge in [0.1, 0.15) is 11.6 Å². The van der Waals surface area contributed by atoms with Gasteiger partial charge in [-0.2, -0.15) is 5.10 Å². The highest BCUT2D eigenvalue weighted by Gasteiger charge is 2.31. The van der Waals surface area contributed by atoms with Crippen molar-refractivity contribution in [3.63, 3.8) is 0 Å². The minimum absolute atomic E-state index is 0.0516. The lowest BCUT2D eigenvalue weighted by atomic mass is 9.84. The van der Waals surface area contributed by atoms with E-state index in [0.717, 1.165) is 21.9 Å². The van der Waals surface area contributed by atoms with Crippen molar-refractivity contribution in [3.8, 4) is 5.69 Å². The number of rotatable bonds is 2. The molecular formula is C22H16FN3O. The number of amides is 1. The molecule has 1 N–H and O–H groups in total. The van der Waals surface area contributed by atoms with Crippen molar-refractivity contribution in [2.75, 3.05) is 5.32 Å². The zero-order valence-electron chi connectivity index (χ0n) is 14.4. The smallest absolute Gasteiger partial charge is 0.226 e. The maximum absolute atomic E-state index is 13.3. The van der Waals surface area contributed by atoms with Gasteiger partial charge in [-0.1, -0.05) is 42.5 Å². The van der Waals surface area contributed by atoms with Gasteiger partial charge in [-0.3, -0.25) is 4.79 Å². The Morgan fingerprint density at radius 3 is 2.59 bits per heavy atom. The number of carbonyl (C=O) groups is 1. The summed E-state index contributed by atoms with van der Waals surface area (Å²) in [6.45, 7) is 0. The van der Waals surface area contributed by atoms with E-state index in [1.54, 1.807) is 23.0 Å². The Bertz CT molecular complexity index is 1160. The molecule has 0 saturated heterocycles. The Labute approximate surface area is 155 Å². The maximum Gasteiger partial charge on any atom is 0.226 e. The molecule has 132 valence electrons. The fourth-order valence-electron chi connectivity index (χ4n) is 3.83. The van der Waals surface area contributed by atoms with Crippen molar-refractivity contribution in [2.24, 2.45) is 0 Å². The molecular weight excluding hydrogens is 341 g/mol. The summed E-state index contributed by atoms with van der Waals surface area (Å²) >= 11 is 0. The van der Waals surface area contributed by atoms with Crippen LogP contribution in [0.3, 0.4) is 0 Å². The zero-order chi connectivity index (χ0) is 18.4. The van der Waals surface area contributed by atoms with Crippen LogP contribution in [0.4, 0.5) is 10.2 Å². The van der Waals surface area contributed by atoms with Crippen LogP contribution < -0.4 is 5.32 Å². The molecule has 1 atom stereocenters. The van der Waals surface area contributed by atoms with Gasteiger partial charge in [0, 0.05) is 17.9 Å². The van der Waals surface area contributed by atoms with Crippen LogP contribution in [0.1, 0.15) is 23.5 Å². The highest BCUT2D eigenvalue weighted by atomic mass is 19.1. The van der Waals surface area contributed by atoms with Crippen LogP contribution in [0, 0.1) is 5.82 Å². The summed E-state index contributed by atoms with van der Waals surface area (Å²) in [5.74, 6) is 0.214. The molecule has 1 aliphatic heterocycles. The fourth-order valence-corrected chi connectivity index (χ4v) is 3.83. The number of nitrogens with zero attached hydrogens (tertiary/aromatic N) is 2. The first kappa shape index (κ1) is 15.8. The molecule has 1 aromatic heterocycles. The molecule has 0 spiro atoms. The summed E-state index contributed by atoms with van der Waals surface area (Å²) < 4.78 is 14.9. The number of nitrogens with one attached hydrogen (secondary N) is 1. The standard InChI is InChI=1S/C22H16FN3O/c23-15-8-10-16(11-9-15)26-22-20(13-24-26)19(12-21(27)25-22)18-7-3-5-14-4-1-2-6-17(14)18/h1-11,13,19H,12H2,(H,25,27)/t19-/m1/s1. The van der Waals surface area contributed by atoms with Crippen molar-refractivity contribution in [2.45, 2.75) is 12.3 Å². The Morgan fingerprint density at radius 2 is 1.74 bits per heavy atom. The van der Waals surface area contributed by atoms with E-state index in [1.165, 1.54) is 12.1 Å². The second-order valence-corrected chi connectivity index (χ2v) is 6.71. The molecule has 5 heteroatoms. The third-order valence-electron chi connectivity index (χ3n) is 5.09. The molecule has 5 rings (SSSR count). The third kappa shape index (κ3) is 2.59. The van der Waals surface area contributed by atoms with Crippen LogP contribution in [-0.2, 0) is 4.79 Å². The number of carbonyl (C=O) groups excluding carboxylic acids is 1. The number of benzene rings is 3. The Balaban J connectivity index is 1.67. The average molecular weight is 357 g/mol. The van der Waals surface area contributed by atoms with Crippen molar-refractivity contribution < 1.29 is 9.18 Å². The highest BCUT2D eigenvalue weighted by molar-refractivity contribution is 5.96. The number of anilines is 1. The van der Waals surface area contributed by atoms with Crippen LogP contribution in [0.5, 0.6) is 0 Å². The lowest BCUT2D eigenvalue weighted by Gasteiger charge is -2.25. The first-order valence-corrected chi connectivity index (χ1v) is 8.82. The number of hydrogen-bond acceptors (Lipinski definition) is 2. The lowest BCUT2D eigenvalue weighted by molar-refractivity contribution is -0.116. The molecule has 0 unspecified atom stereocenters. The molecule has 3 aromatic carbocycles. The number of hydrogen-bond donors (Lipinski definition) is 1. The van der Waals surface area contributed by atoms with Crippen LogP contribution in [0.2, 0.25) is 0 Å². The van der Waals surface area contributed by atoms with E-state index in [4.69, 9.17) is 0 Å². The lowest BCUT2D eigenvalue weighted by Crippen LogP contribution is -2.24. The molecule has 1 amide bonds. The summed E-state index contributed by atoms with van der Waals surface area (Å²) in [6, 6.07) is 20.4. The Hall–Kier alpha value is -3.47. The topological polar surface area (TPSA) is 46.9 Å². The molecule has 4 nitrogen and oxygen atoms in total. The summed E-state index contributed by atoms with van der Waals surface area (Å²) in [6.07, 6.45) is 2.17. The maximum atomic E-state index is 13.3. The largest absolute Gasteiger partial charge is 0.310 e. The molecule has 27 heavy (non-hydrogen) atoms. The van der Waals surface area contributed by atoms with Gasteiger partial charge in [-0.25, -0.2) is 9.07 Å². The second kappa shape index (κ2) is 6.06. The number of halogens is 1. The monoisotopic (exact) mass is 357 g/mol. The Kier molecular flexibility index (Phi) is 3.53. The summed E-state index contributed by atoms with van der Waals surface area (Å²) in [5, 5.41) is 9.69. The van der Waals surface area contributed by atoms with Crippen molar-refractivity contribution in [1.82, 2.24) is 9.78 Å². The van der Waals surface area contributed by atoms with Gasteiger partial charge >= 0.3 is 0 Å². The van der Waals surface area contributed by atoms with Gasteiger partial charge in [0.15, 0.2) is 0 Å². The predicted molar refractivity (Wildman–Crippen MR) is 103 cm³/mol.